The Hall–Kier alpha value is -1.34. The van der Waals surface area contributed by atoms with Crippen molar-refractivity contribution in [2.24, 2.45) is 0 Å². The Morgan fingerprint density at radius 2 is 2.00 bits per heavy atom. The van der Waals surface area contributed by atoms with Gasteiger partial charge in [0.15, 0.2) is 0 Å². The number of rotatable bonds is 8. The molecule has 0 unspecified atom stereocenters. The third-order valence-corrected chi connectivity index (χ3v) is 2.93. The van der Waals surface area contributed by atoms with Crippen molar-refractivity contribution in [1.29, 1.82) is 0 Å². The molecule has 0 saturated heterocycles. The van der Waals surface area contributed by atoms with Gasteiger partial charge in [-0.1, -0.05) is 11.6 Å². The van der Waals surface area contributed by atoms with Crippen molar-refractivity contribution in [1.82, 2.24) is 4.90 Å². The summed E-state index contributed by atoms with van der Waals surface area (Å²) in [6.07, 6.45) is 0. The van der Waals surface area contributed by atoms with Crippen molar-refractivity contribution in [3.63, 3.8) is 0 Å². The van der Waals surface area contributed by atoms with Crippen LogP contribution in [0.4, 0.5) is 5.69 Å². The Balaban J connectivity index is 2.58. The first-order valence-corrected chi connectivity index (χ1v) is 6.56. The van der Waals surface area contributed by atoms with Crippen molar-refractivity contribution < 1.29 is 19.7 Å². The zero-order valence-electron chi connectivity index (χ0n) is 11.3. The third-order valence-electron chi connectivity index (χ3n) is 2.64. The standard InChI is InChI=1S/C13H19ClN2O4/c1-20-12-3-2-10(8-11(12)14)15-13(19)9-16(4-6-17)5-7-18/h2-3,8,17-18H,4-7,9H2,1H3,(H,15,19). The van der Waals surface area contributed by atoms with E-state index in [4.69, 9.17) is 26.6 Å². The van der Waals surface area contributed by atoms with Crippen LogP contribution in [0.15, 0.2) is 18.2 Å². The molecule has 0 fully saturated rings. The maximum absolute atomic E-state index is 11.8. The SMILES string of the molecule is COc1ccc(NC(=O)CN(CCO)CCO)cc1Cl. The van der Waals surface area contributed by atoms with Gasteiger partial charge in [-0.3, -0.25) is 9.69 Å². The first-order valence-electron chi connectivity index (χ1n) is 6.18. The molecule has 0 aliphatic carbocycles. The van der Waals surface area contributed by atoms with Crippen LogP contribution >= 0.6 is 11.6 Å². The molecule has 0 atom stereocenters. The van der Waals surface area contributed by atoms with Gasteiger partial charge in [-0.15, -0.1) is 0 Å². The second-order valence-electron chi connectivity index (χ2n) is 4.12. The van der Waals surface area contributed by atoms with Crippen LogP contribution < -0.4 is 10.1 Å². The number of hydrogen-bond acceptors (Lipinski definition) is 5. The molecule has 0 heterocycles. The number of hydrogen-bond donors (Lipinski definition) is 3. The van der Waals surface area contributed by atoms with E-state index in [1.807, 2.05) is 0 Å². The number of amides is 1. The molecule has 1 amide bonds. The van der Waals surface area contributed by atoms with E-state index in [1.54, 1.807) is 23.1 Å². The van der Waals surface area contributed by atoms with Gasteiger partial charge in [-0.25, -0.2) is 0 Å². The van der Waals surface area contributed by atoms with Crippen LogP contribution in [0.25, 0.3) is 0 Å². The highest BCUT2D eigenvalue weighted by Gasteiger charge is 2.11. The highest BCUT2D eigenvalue weighted by atomic mass is 35.5. The fourth-order valence-electron chi connectivity index (χ4n) is 1.70. The van der Waals surface area contributed by atoms with Gasteiger partial charge in [0.2, 0.25) is 5.91 Å². The summed E-state index contributed by atoms with van der Waals surface area (Å²) in [6.45, 7) is 0.614. The van der Waals surface area contributed by atoms with E-state index in [0.717, 1.165) is 0 Å². The van der Waals surface area contributed by atoms with Gasteiger partial charge in [0.1, 0.15) is 5.75 Å². The van der Waals surface area contributed by atoms with Gasteiger partial charge in [0.25, 0.3) is 0 Å². The van der Waals surface area contributed by atoms with Gasteiger partial charge in [0, 0.05) is 18.8 Å². The molecule has 112 valence electrons. The molecule has 0 radical (unpaired) electrons. The predicted molar refractivity (Wildman–Crippen MR) is 77.2 cm³/mol. The zero-order chi connectivity index (χ0) is 15.0. The lowest BCUT2D eigenvalue weighted by atomic mass is 10.3. The van der Waals surface area contributed by atoms with E-state index in [0.29, 0.717) is 29.5 Å². The Morgan fingerprint density at radius 1 is 1.35 bits per heavy atom. The van der Waals surface area contributed by atoms with Crippen LogP contribution in [0.3, 0.4) is 0 Å². The van der Waals surface area contributed by atoms with Crippen molar-refractivity contribution in [3.05, 3.63) is 23.2 Å². The fourth-order valence-corrected chi connectivity index (χ4v) is 1.96. The fraction of sp³-hybridized carbons (Fsp3) is 0.462. The van der Waals surface area contributed by atoms with Crippen molar-refractivity contribution in [3.8, 4) is 5.75 Å². The summed E-state index contributed by atoms with van der Waals surface area (Å²) in [7, 11) is 1.52. The lowest BCUT2D eigenvalue weighted by Gasteiger charge is -2.19. The zero-order valence-corrected chi connectivity index (χ0v) is 12.1. The minimum absolute atomic E-state index is 0.0678. The molecule has 7 heteroatoms. The summed E-state index contributed by atoms with van der Waals surface area (Å²) in [5.74, 6) is 0.292. The van der Waals surface area contributed by atoms with Crippen LogP contribution in [0, 0.1) is 0 Å². The summed E-state index contributed by atoms with van der Waals surface area (Å²) in [5.41, 5.74) is 0.564. The number of aliphatic hydroxyl groups excluding tert-OH is 2. The molecule has 0 aliphatic rings. The summed E-state index contributed by atoms with van der Waals surface area (Å²) in [5, 5.41) is 20.9. The number of ether oxygens (including phenoxy) is 1. The van der Waals surface area contributed by atoms with E-state index in [-0.39, 0.29) is 25.7 Å². The van der Waals surface area contributed by atoms with Crippen molar-refractivity contribution in [2.75, 3.05) is 45.3 Å². The molecule has 0 bridgehead atoms. The first-order chi connectivity index (χ1) is 9.60. The largest absolute Gasteiger partial charge is 0.495 e. The molecule has 6 nitrogen and oxygen atoms in total. The molecule has 20 heavy (non-hydrogen) atoms. The first kappa shape index (κ1) is 16.7. The van der Waals surface area contributed by atoms with Gasteiger partial charge >= 0.3 is 0 Å². The van der Waals surface area contributed by atoms with Gasteiger partial charge in [-0.05, 0) is 18.2 Å². The number of methoxy groups -OCH3 is 1. The Morgan fingerprint density at radius 3 is 2.50 bits per heavy atom. The summed E-state index contributed by atoms with van der Waals surface area (Å²) < 4.78 is 5.02. The molecule has 3 N–H and O–H groups in total. The molecule has 0 aromatic heterocycles. The topological polar surface area (TPSA) is 82.0 Å². The maximum Gasteiger partial charge on any atom is 0.238 e. The number of carbonyl (C=O) groups excluding carboxylic acids is 1. The number of carbonyl (C=O) groups is 1. The Bertz CT molecular complexity index is 436. The highest BCUT2D eigenvalue weighted by Crippen LogP contribution is 2.27. The van der Waals surface area contributed by atoms with E-state index in [9.17, 15) is 4.79 Å². The van der Waals surface area contributed by atoms with Crippen LogP contribution in [0.5, 0.6) is 5.75 Å². The summed E-state index contributed by atoms with van der Waals surface area (Å²) in [6, 6.07) is 4.95. The number of nitrogens with zero attached hydrogens (tertiary/aromatic N) is 1. The molecule has 1 rings (SSSR count). The van der Waals surface area contributed by atoms with Crippen LogP contribution in [-0.2, 0) is 4.79 Å². The van der Waals surface area contributed by atoms with E-state index in [1.165, 1.54) is 7.11 Å². The number of nitrogens with one attached hydrogen (secondary N) is 1. The smallest absolute Gasteiger partial charge is 0.238 e. The predicted octanol–water partition coefficient (Wildman–Crippen LogP) is 0.574. The normalized spacial score (nSPS) is 10.7. The second-order valence-corrected chi connectivity index (χ2v) is 4.53. The second kappa shape index (κ2) is 8.76. The lowest BCUT2D eigenvalue weighted by Crippen LogP contribution is -2.37. The number of aliphatic hydroxyl groups is 2. The number of halogens is 1. The molecule has 0 saturated carbocycles. The maximum atomic E-state index is 11.8. The molecule has 1 aromatic carbocycles. The van der Waals surface area contributed by atoms with Gasteiger partial charge in [-0.2, -0.15) is 0 Å². The van der Waals surface area contributed by atoms with E-state index < -0.39 is 0 Å². The Kier molecular flexibility index (Phi) is 7.32. The van der Waals surface area contributed by atoms with E-state index in [2.05, 4.69) is 5.32 Å². The van der Waals surface area contributed by atoms with Crippen LogP contribution in [0.2, 0.25) is 5.02 Å². The van der Waals surface area contributed by atoms with Crippen molar-refractivity contribution >= 4 is 23.2 Å². The molecular weight excluding hydrogens is 284 g/mol. The molecule has 0 spiro atoms. The van der Waals surface area contributed by atoms with E-state index >= 15 is 0 Å². The van der Waals surface area contributed by atoms with Crippen LogP contribution in [0.1, 0.15) is 0 Å². The van der Waals surface area contributed by atoms with Gasteiger partial charge < -0.3 is 20.3 Å². The average Bonchev–Trinajstić information content (AvgIpc) is 2.39. The van der Waals surface area contributed by atoms with Crippen molar-refractivity contribution in [2.45, 2.75) is 0 Å². The average molecular weight is 303 g/mol. The minimum atomic E-state index is -0.242. The highest BCUT2D eigenvalue weighted by molar-refractivity contribution is 6.32. The monoisotopic (exact) mass is 302 g/mol. The minimum Gasteiger partial charge on any atom is -0.495 e. The molecular formula is C13H19ClN2O4. The van der Waals surface area contributed by atoms with Crippen LogP contribution in [-0.4, -0.2) is 61.0 Å². The summed E-state index contributed by atoms with van der Waals surface area (Å²) >= 11 is 5.97. The lowest BCUT2D eigenvalue weighted by molar-refractivity contribution is -0.117. The summed E-state index contributed by atoms with van der Waals surface area (Å²) in [4.78, 5) is 13.5. The third kappa shape index (κ3) is 5.34. The molecule has 0 aliphatic heterocycles. The quantitative estimate of drug-likeness (QED) is 0.654. The number of anilines is 1. The number of benzene rings is 1. The van der Waals surface area contributed by atoms with Gasteiger partial charge in [0.05, 0.1) is 31.9 Å². The molecule has 1 aromatic rings. The Labute approximate surface area is 122 Å².